The second-order valence-corrected chi connectivity index (χ2v) is 9.42. The number of halogens is 1. The second-order valence-electron chi connectivity index (χ2n) is 9.02. The minimum Gasteiger partial charge on any atom is -0.493 e. The van der Waals surface area contributed by atoms with Crippen molar-refractivity contribution in [3.8, 4) is 23.0 Å². The molecule has 198 valence electrons. The Labute approximate surface area is 230 Å². The number of aliphatic carboxylic acids is 1. The molecule has 1 heterocycles. The molecule has 1 amide bonds. The largest absolute Gasteiger partial charge is 0.493 e. The number of ether oxygens (including phenoxy) is 3. The van der Waals surface area contributed by atoms with Crippen LogP contribution in [0.25, 0.3) is 0 Å². The maximum Gasteiger partial charge on any atom is 0.311 e. The topological polar surface area (TPSA) is 94.1 Å². The molecule has 0 saturated heterocycles. The molecule has 39 heavy (non-hydrogen) atoms. The van der Waals surface area contributed by atoms with Crippen molar-refractivity contribution in [2.75, 3.05) is 13.2 Å². The summed E-state index contributed by atoms with van der Waals surface area (Å²) in [5.74, 6) is 0.120. The van der Waals surface area contributed by atoms with Crippen LogP contribution in [-0.4, -0.2) is 30.1 Å². The summed E-state index contributed by atoms with van der Waals surface area (Å²) in [5.41, 5.74) is 1.94. The molecule has 5 rings (SSSR count). The Hall–Kier alpha value is -4.49. The Morgan fingerprint density at radius 3 is 2.33 bits per heavy atom. The molecule has 0 saturated carbocycles. The Morgan fingerprint density at radius 2 is 1.64 bits per heavy atom. The van der Waals surface area contributed by atoms with Crippen LogP contribution in [0.5, 0.6) is 23.0 Å². The van der Waals surface area contributed by atoms with Gasteiger partial charge in [-0.25, -0.2) is 0 Å². The van der Waals surface area contributed by atoms with Crippen molar-refractivity contribution in [3.05, 3.63) is 119 Å². The Morgan fingerprint density at radius 1 is 0.949 bits per heavy atom. The maximum absolute atomic E-state index is 12.9. The Bertz CT molecular complexity index is 1440. The fourth-order valence-corrected chi connectivity index (χ4v) is 4.58. The average Bonchev–Trinajstić information content (AvgIpc) is 2.96. The highest BCUT2D eigenvalue weighted by Crippen LogP contribution is 2.41. The summed E-state index contributed by atoms with van der Waals surface area (Å²) in [6.45, 7) is 0.578. The van der Waals surface area contributed by atoms with Gasteiger partial charge in [0.2, 0.25) is 0 Å². The Balaban J connectivity index is 1.24. The van der Waals surface area contributed by atoms with Gasteiger partial charge in [0.15, 0.2) is 0 Å². The quantitative estimate of drug-likeness (QED) is 0.246. The number of carbonyl (C=O) groups is 2. The maximum atomic E-state index is 12.9. The number of para-hydroxylation sites is 1. The average molecular weight is 544 g/mol. The minimum atomic E-state index is -0.917. The number of carboxylic acids is 1. The van der Waals surface area contributed by atoms with Crippen LogP contribution in [0.15, 0.2) is 97.1 Å². The van der Waals surface area contributed by atoms with E-state index < -0.39 is 11.9 Å². The van der Waals surface area contributed by atoms with Crippen LogP contribution in [-0.2, 0) is 4.79 Å². The van der Waals surface area contributed by atoms with Crippen molar-refractivity contribution in [1.82, 2.24) is 5.32 Å². The molecule has 7 nitrogen and oxygen atoms in total. The predicted octanol–water partition coefficient (Wildman–Crippen LogP) is 6.63. The standard InChI is InChI=1S/C31H26ClNO6/c32-26-17-25-24(31(35)36)15-16-37-27(25)18-28(26)38-23-13-11-21(12-14-23)30(34)33-19-29(20-7-3-1-4-8-20)39-22-9-5-2-6-10-22/h1-14,17-18,24,29H,15-16,19H2,(H,33,34)(H,35,36). The molecule has 1 aliphatic rings. The fraction of sp³-hybridized carbons (Fsp3) is 0.161. The van der Waals surface area contributed by atoms with E-state index in [1.165, 1.54) is 0 Å². The van der Waals surface area contributed by atoms with Crippen LogP contribution < -0.4 is 19.5 Å². The molecule has 0 bridgehead atoms. The van der Waals surface area contributed by atoms with Gasteiger partial charge < -0.3 is 24.6 Å². The first-order valence-electron chi connectivity index (χ1n) is 12.5. The van der Waals surface area contributed by atoms with E-state index in [4.69, 9.17) is 25.8 Å². The summed E-state index contributed by atoms with van der Waals surface area (Å²) in [6, 6.07) is 29.0. The number of hydrogen-bond donors (Lipinski definition) is 2. The van der Waals surface area contributed by atoms with E-state index in [0.29, 0.717) is 47.2 Å². The first-order chi connectivity index (χ1) is 19.0. The fourth-order valence-electron chi connectivity index (χ4n) is 4.37. The zero-order valence-electron chi connectivity index (χ0n) is 20.9. The van der Waals surface area contributed by atoms with Crippen LogP contribution in [0.2, 0.25) is 5.02 Å². The number of nitrogens with one attached hydrogen (secondary N) is 1. The predicted molar refractivity (Wildman–Crippen MR) is 147 cm³/mol. The normalized spacial score (nSPS) is 14.8. The minimum absolute atomic E-state index is 0.251. The van der Waals surface area contributed by atoms with Crippen molar-refractivity contribution in [2.24, 2.45) is 0 Å². The zero-order valence-corrected chi connectivity index (χ0v) is 21.6. The summed E-state index contributed by atoms with van der Waals surface area (Å²) in [4.78, 5) is 24.5. The molecule has 1 aliphatic heterocycles. The molecule has 8 heteroatoms. The first-order valence-corrected chi connectivity index (χ1v) is 12.9. The van der Waals surface area contributed by atoms with Gasteiger partial charge in [-0.2, -0.15) is 0 Å². The van der Waals surface area contributed by atoms with Gasteiger partial charge in [0.1, 0.15) is 29.1 Å². The van der Waals surface area contributed by atoms with E-state index >= 15 is 0 Å². The van der Waals surface area contributed by atoms with Crippen molar-refractivity contribution in [3.63, 3.8) is 0 Å². The summed E-state index contributed by atoms with van der Waals surface area (Å²) in [7, 11) is 0. The van der Waals surface area contributed by atoms with Crippen molar-refractivity contribution < 1.29 is 28.9 Å². The van der Waals surface area contributed by atoms with Crippen molar-refractivity contribution in [1.29, 1.82) is 0 Å². The molecule has 2 atom stereocenters. The lowest BCUT2D eigenvalue weighted by Crippen LogP contribution is -2.30. The lowest BCUT2D eigenvalue weighted by molar-refractivity contribution is -0.139. The zero-order chi connectivity index (χ0) is 27.2. The molecule has 4 aromatic carbocycles. The van der Waals surface area contributed by atoms with Gasteiger partial charge in [-0.3, -0.25) is 9.59 Å². The van der Waals surface area contributed by atoms with Gasteiger partial charge in [0, 0.05) is 17.2 Å². The van der Waals surface area contributed by atoms with Gasteiger partial charge in [0.25, 0.3) is 5.91 Å². The second kappa shape index (κ2) is 11.9. The highest BCUT2D eigenvalue weighted by Gasteiger charge is 2.29. The molecule has 0 spiro atoms. The van der Waals surface area contributed by atoms with Crippen LogP contribution in [0.1, 0.15) is 39.9 Å². The number of rotatable bonds is 9. The number of carbonyl (C=O) groups excluding carboxylic acids is 1. The summed E-state index contributed by atoms with van der Waals surface area (Å²) in [6.07, 6.45) is 0.0154. The molecule has 2 N–H and O–H groups in total. The van der Waals surface area contributed by atoms with Crippen molar-refractivity contribution >= 4 is 23.5 Å². The van der Waals surface area contributed by atoms with Gasteiger partial charge >= 0.3 is 5.97 Å². The third kappa shape index (κ3) is 6.33. The molecule has 0 aliphatic carbocycles. The third-order valence-corrected chi connectivity index (χ3v) is 6.68. The van der Waals surface area contributed by atoms with Crippen LogP contribution in [0.4, 0.5) is 0 Å². The SMILES string of the molecule is O=C(NCC(Oc1ccccc1)c1ccccc1)c1ccc(Oc2cc3c(cc2Cl)C(C(=O)O)CCO3)cc1. The van der Waals surface area contributed by atoms with E-state index in [1.807, 2.05) is 60.7 Å². The van der Waals surface area contributed by atoms with E-state index in [2.05, 4.69) is 5.32 Å². The molecule has 0 fully saturated rings. The molecule has 2 unspecified atom stereocenters. The monoisotopic (exact) mass is 543 g/mol. The Kier molecular flexibility index (Phi) is 7.99. The van der Waals surface area contributed by atoms with E-state index in [1.54, 1.807) is 36.4 Å². The van der Waals surface area contributed by atoms with E-state index in [9.17, 15) is 14.7 Å². The number of fused-ring (bicyclic) bond motifs is 1. The summed E-state index contributed by atoms with van der Waals surface area (Å²) >= 11 is 6.39. The summed E-state index contributed by atoms with van der Waals surface area (Å²) < 4.78 is 17.7. The number of hydrogen-bond acceptors (Lipinski definition) is 5. The molecule has 0 aromatic heterocycles. The van der Waals surface area contributed by atoms with Crippen LogP contribution in [0.3, 0.4) is 0 Å². The lowest BCUT2D eigenvalue weighted by atomic mass is 9.93. The molecular weight excluding hydrogens is 518 g/mol. The van der Waals surface area contributed by atoms with E-state index in [-0.39, 0.29) is 23.6 Å². The highest BCUT2D eigenvalue weighted by atomic mass is 35.5. The number of amides is 1. The van der Waals surface area contributed by atoms with Crippen molar-refractivity contribution in [2.45, 2.75) is 18.4 Å². The van der Waals surface area contributed by atoms with Crippen LogP contribution >= 0.6 is 11.6 Å². The van der Waals surface area contributed by atoms with Gasteiger partial charge in [-0.05, 0) is 54.4 Å². The van der Waals surface area contributed by atoms with Gasteiger partial charge in [0.05, 0.1) is 24.1 Å². The van der Waals surface area contributed by atoms with Gasteiger partial charge in [-0.1, -0.05) is 60.1 Å². The highest BCUT2D eigenvalue weighted by molar-refractivity contribution is 6.32. The molecular formula is C31H26ClNO6. The van der Waals surface area contributed by atoms with Gasteiger partial charge in [-0.15, -0.1) is 0 Å². The molecule has 4 aromatic rings. The number of benzene rings is 4. The smallest absolute Gasteiger partial charge is 0.311 e. The summed E-state index contributed by atoms with van der Waals surface area (Å²) in [5, 5.41) is 12.7. The van der Waals surface area contributed by atoms with E-state index in [0.717, 1.165) is 5.56 Å². The lowest BCUT2D eigenvalue weighted by Gasteiger charge is -2.24. The number of carboxylic acid groups (broad SMARTS) is 1. The first kappa shape index (κ1) is 26.1. The third-order valence-electron chi connectivity index (χ3n) is 6.39. The molecule has 0 radical (unpaired) electrons. The van der Waals surface area contributed by atoms with Crippen LogP contribution in [0, 0.1) is 0 Å².